The Balaban J connectivity index is 0.000000174. The molecule has 2 aliphatic rings. The molecule has 6 heterocycles. The third kappa shape index (κ3) is 11.0. The zero-order chi connectivity index (χ0) is 39.4. The fourth-order valence-corrected chi connectivity index (χ4v) is 7.95. The van der Waals surface area contributed by atoms with Crippen molar-refractivity contribution in [3.63, 3.8) is 0 Å². The van der Waals surface area contributed by atoms with Gasteiger partial charge in [-0.05, 0) is 75.2 Å². The van der Waals surface area contributed by atoms with E-state index in [-0.39, 0.29) is 0 Å². The van der Waals surface area contributed by atoms with E-state index in [0.29, 0.717) is 23.3 Å². The van der Waals surface area contributed by atoms with Gasteiger partial charge in [-0.2, -0.15) is 10.2 Å². The molecule has 0 aliphatic carbocycles. The summed E-state index contributed by atoms with van der Waals surface area (Å²) >= 11 is 18.6. The molecule has 11 nitrogen and oxygen atoms in total. The van der Waals surface area contributed by atoms with Crippen LogP contribution in [0, 0.1) is 0 Å². The number of anilines is 2. The van der Waals surface area contributed by atoms with Crippen molar-refractivity contribution in [2.24, 2.45) is 0 Å². The quantitative estimate of drug-likeness (QED) is 0.0947. The van der Waals surface area contributed by atoms with Gasteiger partial charge in [0.25, 0.3) is 0 Å². The van der Waals surface area contributed by atoms with Crippen LogP contribution < -0.4 is 24.0 Å². The lowest BCUT2D eigenvalue weighted by Crippen LogP contribution is -2.46. The van der Waals surface area contributed by atoms with Gasteiger partial charge in [0.2, 0.25) is 0 Å². The highest BCUT2D eigenvalue weighted by Crippen LogP contribution is 2.29. The number of fused-ring (bicyclic) bond motifs is 2. The molecule has 2 aromatic carbocycles. The zero-order valence-electron chi connectivity index (χ0n) is 32.5. The number of halogens is 3. The highest BCUT2D eigenvalue weighted by atomic mass is 35.5. The predicted octanol–water partition coefficient (Wildman–Crippen LogP) is 8.60. The molecular formula is C43H51Cl3N8O3. The first-order chi connectivity index (χ1) is 27.9. The summed E-state index contributed by atoms with van der Waals surface area (Å²) in [5, 5.41) is 10.4. The normalized spacial score (nSPS) is 15.2. The molecule has 14 heteroatoms. The molecule has 0 spiro atoms. The van der Waals surface area contributed by atoms with E-state index in [9.17, 15) is 0 Å². The number of benzene rings is 2. The van der Waals surface area contributed by atoms with Crippen LogP contribution in [0.15, 0.2) is 97.6 Å². The lowest BCUT2D eigenvalue weighted by Gasteiger charge is -2.36. The summed E-state index contributed by atoms with van der Waals surface area (Å²) in [6, 6.07) is 24.1. The van der Waals surface area contributed by atoms with Crippen LogP contribution in [0.4, 0.5) is 11.4 Å². The van der Waals surface area contributed by atoms with E-state index in [1.807, 2.05) is 67.0 Å². The van der Waals surface area contributed by atoms with Crippen LogP contribution in [0.3, 0.4) is 0 Å². The highest BCUT2D eigenvalue weighted by Gasteiger charge is 2.20. The number of hydrogen-bond acceptors (Lipinski definition) is 9. The first-order valence-electron chi connectivity index (χ1n) is 19.8. The second-order valence-corrected chi connectivity index (χ2v) is 15.5. The number of piperazine rings is 2. The minimum Gasteiger partial charge on any atom is -0.495 e. The van der Waals surface area contributed by atoms with Crippen LogP contribution in [0.2, 0.25) is 15.1 Å². The molecule has 2 aliphatic heterocycles. The second-order valence-electron chi connectivity index (χ2n) is 14.3. The summed E-state index contributed by atoms with van der Waals surface area (Å²) in [6.07, 6.45) is 11.4. The van der Waals surface area contributed by atoms with Crippen molar-refractivity contribution in [2.75, 3.05) is 95.6 Å². The number of nitrogens with zero attached hydrogens (tertiary/aromatic N) is 8. The number of rotatable bonds is 15. The van der Waals surface area contributed by atoms with Gasteiger partial charge in [0, 0.05) is 76.9 Å². The van der Waals surface area contributed by atoms with Crippen LogP contribution in [-0.4, -0.2) is 115 Å². The Labute approximate surface area is 350 Å². The molecule has 0 radical (unpaired) electrons. The Morgan fingerprint density at radius 2 is 1.02 bits per heavy atom. The minimum absolute atomic E-state index is 0.640. The number of para-hydroxylation sites is 3. The van der Waals surface area contributed by atoms with Gasteiger partial charge < -0.3 is 24.0 Å². The summed E-state index contributed by atoms with van der Waals surface area (Å²) in [4.78, 5) is 9.84. The number of ether oxygens (including phenoxy) is 3. The second kappa shape index (κ2) is 20.3. The molecule has 0 amide bonds. The van der Waals surface area contributed by atoms with E-state index in [1.165, 1.54) is 5.69 Å². The average Bonchev–Trinajstić information content (AvgIpc) is 3.82. The molecular weight excluding hydrogens is 783 g/mol. The van der Waals surface area contributed by atoms with Crippen LogP contribution in [0.5, 0.6) is 17.2 Å². The van der Waals surface area contributed by atoms with E-state index in [0.717, 1.165) is 130 Å². The van der Waals surface area contributed by atoms with E-state index in [1.54, 1.807) is 28.5 Å². The lowest BCUT2D eigenvalue weighted by molar-refractivity contribution is 0.238. The smallest absolute Gasteiger partial charge is 0.142 e. The van der Waals surface area contributed by atoms with Crippen molar-refractivity contribution in [2.45, 2.75) is 25.7 Å². The molecule has 8 rings (SSSR count). The number of hydrogen-bond donors (Lipinski definition) is 0. The standard InChI is InChI=1S/C22H27ClN4O2.C21H24Cl2N4O/c1-28-22-7-3-2-6-20(22)26-13-11-25(12-14-26)9-4-5-15-29-18-8-10-27-21(16-18)19(23)17-24-27;22-18-5-1-2-6-20(18)26-12-10-25(11-13-26)8-3-4-14-28-17-7-9-27-21(15-17)19(23)16-24-27/h2-3,6-8,10,16-17H,4-5,9,11-15H2,1H3;1-2,5-7,9,15-16H,3-4,8,10-14H2. The first-order valence-corrected chi connectivity index (χ1v) is 20.9. The van der Waals surface area contributed by atoms with Crippen molar-refractivity contribution in [3.05, 3.63) is 113 Å². The van der Waals surface area contributed by atoms with Gasteiger partial charge in [-0.15, -0.1) is 0 Å². The van der Waals surface area contributed by atoms with E-state index < -0.39 is 0 Å². The molecule has 302 valence electrons. The fraction of sp³-hybridized carbons (Fsp3) is 0.395. The van der Waals surface area contributed by atoms with Gasteiger partial charge in [0.05, 0.1) is 70.2 Å². The lowest BCUT2D eigenvalue weighted by atomic mass is 10.2. The van der Waals surface area contributed by atoms with Crippen molar-refractivity contribution >= 4 is 57.2 Å². The van der Waals surface area contributed by atoms with Crippen LogP contribution >= 0.6 is 34.8 Å². The molecule has 2 saturated heterocycles. The largest absolute Gasteiger partial charge is 0.495 e. The van der Waals surface area contributed by atoms with Crippen molar-refractivity contribution < 1.29 is 14.2 Å². The first kappa shape index (κ1) is 40.8. The summed E-state index contributed by atoms with van der Waals surface area (Å²) in [7, 11) is 1.74. The fourth-order valence-electron chi connectivity index (χ4n) is 7.32. The summed E-state index contributed by atoms with van der Waals surface area (Å²) in [5.74, 6) is 2.63. The molecule has 0 unspecified atom stereocenters. The Morgan fingerprint density at radius 3 is 1.53 bits per heavy atom. The van der Waals surface area contributed by atoms with E-state index in [2.05, 4.69) is 48.0 Å². The maximum Gasteiger partial charge on any atom is 0.142 e. The maximum absolute atomic E-state index is 6.32. The Kier molecular flexibility index (Phi) is 14.6. The molecule has 6 aromatic rings. The van der Waals surface area contributed by atoms with Gasteiger partial charge in [-0.3, -0.25) is 9.80 Å². The van der Waals surface area contributed by atoms with E-state index >= 15 is 0 Å². The predicted molar refractivity (Wildman–Crippen MR) is 232 cm³/mol. The van der Waals surface area contributed by atoms with Crippen LogP contribution in [0.25, 0.3) is 11.0 Å². The van der Waals surface area contributed by atoms with Gasteiger partial charge in [-0.25, -0.2) is 9.03 Å². The number of aromatic nitrogens is 4. The average molecular weight is 834 g/mol. The van der Waals surface area contributed by atoms with Crippen molar-refractivity contribution in [3.8, 4) is 17.2 Å². The molecule has 0 saturated carbocycles. The zero-order valence-corrected chi connectivity index (χ0v) is 34.8. The molecule has 4 aromatic heterocycles. The molecule has 57 heavy (non-hydrogen) atoms. The van der Waals surface area contributed by atoms with Crippen LogP contribution in [0.1, 0.15) is 25.7 Å². The van der Waals surface area contributed by atoms with Gasteiger partial charge in [0.1, 0.15) is 17.2 Å². The minimum atomic E-state index is 0.640. The number of pyridine rings is 2. The maximum atomic E-state index is 6.32. The van der Waals surface area contributed by atoms with Gasteiger partial charge in [0.15, 0.2) is 0 Å². The van der Waals surface area contributed by atoms with Gasteiger partial charge in [-0.1, -0.05) is 59.1 Å². The van der Waals surface area contributed by atoms with Crippen molar-refractivity contribution in [1.82, 2.24) is 29.0 Å². The molecule has 0 N–H and O–H groups in total. The Bertz CT molecular complexity index is 2160. The monoisotopic (exact) mass is 832 g/mol. The number of methoxy groups -OCH3 is 1. The molecule has 0 atom stereocenters. The summed E-state index contributed by atoms with van der Waals surface area (Å²) < 4.78 is 20.8. The Hall–Kier alpha value is -4.39. The third-order valence-electron chi connectivity index (χ3n) is 10.5. The molecule has 0 bridgehead atoms. The summed E-state index contributed by atoms with van der Waals surface area (Å²) in [6.45, 7) is 12.0. The van der Waals surface area contributed by atoms with Gasteiger partial charge >= 0.3 is 0 Å². The Morgan fingerprint density at radius 1 is 0.544 bits per heavy atom. The third-order valence-corrected chi connectivity index (χ3v) is 11.4. The van der Waals surface area contributed by atoms with Crippen molar-refractivity contribution in [1.29, 1.82) is 0 Å². The SMILES string of the molecule is COc1ccccc1N1CCN(CCCCOc2ccn3ncc(Cl)c3c2)CC1.Clc1ccccc1N1CCN(CCCCOc2ccn3ncc(Cl)c3c2)CC1. The van der Waals surface area contributed by atoms with Crippen LogP contribution in [-0.2, 0) is 0 Å². The van der Waals surface area contributed by atoms with E-state index in [4.69, 9.17) is 49.0 Å². The topological polar surface area (TPSA) is 75.2 Å². The number of unbranched alkanes of at least 4 members (excludes halogenated alkanes) is 2. The highest BCUT2D eigenvalue weighted by molar-refractivity contribution is 6.34. The summed E-state index contributed by atoms with van der Waals surface area (Å²) in [5.41, 5.74) is 4.08. The molecule has 2 fully saturated rings.